The molecule has 0 unspecified atom stereocenters. The van der Waals surface area contributed by atoms with Gasteiger partial charge in [-0.3, -0.25) is 9.59 Å². The molecule has 2 aliphatic rings. The second-order valence-corrected chi connectivity index (χ2v) is 6.76. The molecule has 0 saturated carbocycles. The molecule has 7 nitrogen and oxygen atoms in total. The summed E-state index contributed by atoms with van der Waals surface area (Å²) in [6.45, 7) is 4.75. The van der Waals surface area contributed by atoms with E-state index in [2.05, 4.69) is 5.32 Å². The minimum Gasteiger partial charge on any atom is -0.343 e. The molecule has 2 heterocycles. The van der Waals surface area contributed by atoms with Crippen LogP contribution in [0.3, 0.4) is 0 Å². The van der Waals surface area contributed by atoms with Crippen LogP contribution in [0.5, 0.6) is 0 Å². The van der Waals surface area contributed by atoms with E-state index in [0.717, 1.165) is 25.1 Å². The van der Waals surface area contributed by atoms with E-state index in [4.69, 9.17) is 0 Å². The van der Waals surface area contributed by atoms with E-state index in [1.165, 1.54) is 0 Å². The van der Waals surface area contributed by atoms with E-state index >= 15 is 0 Å². The van der Waals surface area contributed by atoms with Gasteiger partial charge in [-0.1, -0.05) is 18.2 Å². The Morgan fingerprint density at radius 1 is 1.15 bits per heavy atom. The van der Waals surface area contributed by atoms with E-state index in [1.54, 1.807) is 16.7 Å². The molecule has 0 aromatic heterocycles. The lowest BCUT2D eigenvalue weighted by molar-refractivity contribution is -0.127. The van der Waals surface area contributed by atoms with Gasteiger partial charge in [0.2, 0.25) is 11.8 Å². The average molecular weight is 358 g/mol. The number of piperazine rings is 1. The number of urea groups is 1. The third-order valence-corrected chi connectivity index (χ3v) is 5.04. The standard InChI is InChI=1S/C19H26N4O3/c1-15-18(25)23(16-7-3-2-4-8-16)14-13-22(15)19(26)20-10-6-12-21-11-5-9-17(21)24/h2-4,7-8,15H,5-6,9-14H2,1H3,(H,20,26)/t15-/m0/s1. The van der Waals surface area contributed by atoms with Crippen molar-refractivity contribution in [1.29, 1.82) is 0 Å². The first-order valence-corrected chi connectivity index (χ1v) is 9.26. The number of benzene rings is 1. The third-order valence-electron chi connectivity index (χ3n) is 5.04. The summed E-state index contributed by atoms with van der Waals surface area (Å²) in [6, 6.07) is 8.81. The molecule has 26 heavy (non-hydrogen) atoms. The molecule has 0 spiro atoms. The number of amides is 4. The number of nitrogens with one attached hydrogen (secondary N) is 1. The molecule has 2 fully saturated rings. The van der Waals surface area contributed by atoms with Gasteiger partial charge < -0.3 is 20.0 Å². The predicted molar refractivity (Wildman–Crippen MR) is 98.8 cm³/mol. The fourth-order valence-electron chi connectivity index (χ4n) is 3.52. The summed E-state index contributed by atoms with van der Waals surface area (Å²) in [5.74, 6) is 0.132. The van der Waals surface area contributed by atoms with Crippen LogP contribution in [0, 0.1) is 0 Å². The zero-order valence-electron chi connectivity index (χ0n) is 15.2. The number of anilines is 1. The van der Waals surface area contributed by atoms with Crippen LogP contribution in [0.2, 0.25) is 0 Å². The lowest BCUT2D eigenvalue weighted by Crippen LogP contribution is -2.59. The number of carbonyl (C=O) groups excluding carboxylic acids is 3. The lowest BCUT2D eigenvalue weighted by atomic mass is 10.1. The zero-order valence-corrected chi connectivity index (χ0v) is 15.2. The Morgan fingerprint density at radius 2 is 1.92 bits per heavy atom. The molecule has 140 valence electrons. The van der Waals surface area contributed by atoms with Crippen molar-refractivity contribution in [1.82, 2.24) is 15.1 Å². The third kappa shape index (κ3) is 3.98. The highest BCUT2D eigenvalue weighted by Gasteiger charge is 2.34. The Kier molecular flexibility index (Phi) is 5.75. The second-order valence-electron chi connectivity index (χ2n) is 6.76. The number of para-hydroxylation sites is 1. The van der Waals surface area contributed by atoms with Crippen molar-refractivity contribution in [2.45, 2.75) is 32.2 Å². The molecule has 2 aliphatic heterocycles. The number of likely N-dealkylation sites (tertiary alicyclic amines) is 1. The van der Waals surface area contributed by atoms with Crippen LogP contribution < -0.4 is 10.2 Å². The Balaban J connectivity index is 1.46. The smallest absolute Gasteiger partial charge is 0.318 e. The van der Waals surface area contributed by atoms with Gasteiger partial charge in [0.05, 0.1) is 0 Å². The van der Waals surface area contributed by atoms with E-state index in [-0.39, 0.29) is 17.8 Å². The summed E-state index contributed by atoms with van der Waals surface area (Å²) in [5, 5.41) is 2.88. The van der Waals surface area contributed by atoms with E-state index in [1.807, 2.05) is 35.2 Å². The van der Waals surface area contributed by atoms with Crippen molar-refractivity contribution >= 4 is 23.5 Å². The monoisotopic (exact) mass is 358 g/mol. The first-order chi connectivity index (χ1) is 12.6. The van der Waals surface area contributed by atoms with Gasteiger partial charge in [0.15, 0.2) is 0 Å². The van der Waals surface area contributed by atoms with Gasteiger partial charge in [-0.2, -0.15) is 0 Å². The topological polar surface area (TPSA) is 73.0 Å². The maximum Gasteiger partial charge on any atom is 0.318 e. The summed E-state index contributed by atoms with van der Waals surface area (Å²) in [5.41, 5.74) is 0.861. The predicted octanol–water partition coefficient (Wildman–Crippen LogP) is 1.45. The molecule has 0 aliphatic carbocycles. The first kappa shape index (κ1) is 18.2. The quantitative estimate of drug-likeness (QED) is 0.810. The molecule has 1 aromatic rings. The molecule has 1 aromatic carbocycles. The van der Waals surface area contributed by atoms with Crippen LogP contribution in [0.4, 0.5) is 10.5 Å². The number of hydrogen-bond donors (Lipinski definition) is 1. The number of rotatable bonds is 5. The van der Waals surface area contributed by atoms with Crippen molar-refractivity contribution in [2.24, 2.45) is 0 Å². The number of nitrogens with zero attached hydrogens (tertiary/aromatic N) is 3. The summed E-state index contributed by atoms with van der Waals surface area (Å²) in [6.07, 6.45) is 2.29. The van der Waals surface area contributed by atoms with E-state index in [9.17, 15) is 14.4 Å². The molecule has 3 rings (SSSR count). The Labute approximate surface area is 153 Å². The molecular weight excluding hydrogens is 332 g/mol. The zero-order chi connectivity index (χ0) is 18.5. The second kappa shape index (κ2) is 8.21. The normalized spacial score (nSPS) is 20.7. The highest BCUT2D eigenvalue weighted by atomic mass is 16.2. The highest BCUT2D eigenvalue weighted by Crippen LogP contribution is 2.20. The number of carbonyl (C=O) groups is 3. The average Bonchev–Trinajstić information content (AvgIpc) is 3.06. The van der Waals surface area contributed by atoms with Crippen molar-refractivity contribution in [3.63, 3.8) is 0 Å². The maximum absolute atomic E-state index is 12.6. The molecule has 0 bridgehead atoms. The van der Waals surface area contributed by atoms with Crippen molar-refractivity contribution in [3.05, 3.63) is 30.3 Å². The Bertz CT molecular complexity index is 664. The van der Waals surface area contributed by atoms with Crippen molar-refractivity contribution in [3.8, 4) is 0 Å². The summed E-state index contributed by atoms with van der Waals surface area (Å²) >= 11 is 0. The van der Waals surface area contributed by atoms with Crippen LogP contribution in [0.1, 0.15) is 26.2 Å². The van der Waals surface area contributed by atoms with Gasteiger partial charge in [0, 0.05) is 44.8 Å². The lowest BCUT2D eigenvalue weighted by Gasteiger charge is -2.39. The summed E-state index contributed by atoms with van der Waals surface area (Å²) < 4.78 is 0. The summed E-state index contributed by atoms with van der Waals surface area (Å²) in [4.78, 5) is 41.8. The fraction of sp³-hybridized carbons (Fsp3) is 0.526. The minimum absolute atomic E-state index is 0.0692. The molecule has 1 atom stereocenters. The van der Waals surface area contributed by atoms with E-state index < -0.39 is 6.04 Å². The maximum atomic E-state index is 12.6. The number of hydrogen-bond acceptors (Lipinski definition) is 3. The molecular formula is C19H26N4O3. The van der Waals surface area contributed by atoms with Crippen LogP contribution >= 0.6 is 0 Å². The Morgan fingerprint density at radius 3 is 2.62 bits per heavy atom. The molecule has 1 N–H and O–H groups in total. The largest absolute Gasteiger partial charge is 0.343 e. The van der Waals surface area contributed by atoms with Crippen LogP contribution in [0.15, 0.2) is 30.3 Å². The summed E-state index contributed by atoms with van der Waals surface area (Å²) in [7, 11) is 0. The first-order valence-electron chi connectivity index (χ1n) is 9.26. The Hall–Kier alpha value is -2.57. The van der Waals surface area contributed by atoms with Crippen LogP contribution in [-0.2, 0) is 9.59 Å². The van der Waals surface area contributed by atoms with Gasteiger partial charge >= 0.3 is 6.03 Å². The van der Waals surface area contributed by atoms with Crippen molar-refractivity contribution in [2.75, 3.05) is 37.6 Å². The molecule has 2 saturated heterocycles. The molecule has 4 amide bonds. The van der Waals surface area contributed by atoms with Crippen LogP contribution in [0.25, 0.3) is 0 Å². The van der Waals surface area contributed by atoms with Gasteiger partial charge in [-0.25, -0.2) is 4.79 Å². The van der Waals surface area contributed by atoms with Gasteiger partial charge in [-0.05, 0) is 31.9 Å². The molecule has 0 radical (unpaired) electrons. The fourth-order valence-corrected chi connectivity index (χ4v) is 3.52. The SMILES string of the molecule is C[C@H]1C(=O)N(c2ccccc2)CCN1C(=O)NCCCN1CCCC1=O. The van der Waals surface area contributed by atoms with E-state index in [0.29, 0.717) is 32.6 Å². The van der Waals surface area contributed by atoms with Crippen LogP contribution in [-0.4, -0.2) is 66.4 Å². The molecule has 7 heteroatoms. The van der Waals surface area contributed by atoms with Gasteiger partial charge in [0.25, 0.3) is 0 Å². The minimum atomic E-state index is -0.496. The van der Waals surface area contributed by atoms with Gasteiger partial charge in [0.1, 0.15) is 6.04 Å². The van der Waals surface area contributed by atoms with Gasteiger partial charge in [-0.15, -0.1) is 0 Å². The van der Waals surface area contributed by atoms with Crippen molar-refractivity contribution < 1.29 is 14.4 Å². The highest BCUT2D eigenvalue weighted by molar-refractivity contribution is 5.99.